The van der Waals surface area contributed by atoms with Crippen LogP contribution in [0, 0.1) is 0 Å². The van der Waals surface area contributed by atoms with E-state index in [2.05, 4.69) is 74.6 Å². The number of carbonyl (C=O) groups is 2. The number of hydrogen-bond donors (Lipinski definition) is 1. The summed E-state index contributed by atoms with van der Waals surface area (Å²) >= 11 is 0. The lowest BCUT2D eigenvalue weighted by Gasteiger charge is -2.15. The summed E-state index contributed by atoms with van der Waals surface area (Å²) in [6.07, 6.45) is 89.7. The third-order valence-electron chi connectivity index (χ3n) is 15.1. The number of carbonyl (C=O) groups excluding carboxylic acids is 2. The zero-order valence-corrected chi connectivity index (χ0v) is 50.3. The van der Waals surface area contributed by atoms with Gasteiger partial charge >= 0.3 is 11.9 Å². The molecule has 438 valence electrons. The molecule has 0 rings (SSSR count). The largest absolute Gasteiger partial charge is 0.462 e. The number of aliphatic hydroxyl groups excluding tert-OH is 1. The Morgan fingerprint density at radius 2 is 0.573 bits per heavy atom. The van der Waals surface area contributed by atoms with Gasteiger partial charge in [0.1, 0.15) is 6.61 Å². The maximum atomic E-state index is 12.3. The zero-order chi connectivity index (χ0) is 54.1. The van der Waals surface area contributed by atoms with Crippen LogP contribution in [0.1, 0.15) is 354 Å². The van der Waals surface area contributed by atoms with E-state index < -0.39 is 6.10 Å². The van der Waals surface area contributed by atoms with E-state index in [-0.39, 0.29) is 25.2 Å². The van der Waals surface area contributed by atoms with Crippen LogP contribution in [0.15, 0.2) is 60.8 Å². The smallest absolute Gasteiger partial charge is 0.306 e. The predicted molar refractivity (Wildman–Crippen MR) is 330 cm³/mol. The van der Waals surface area contributed by atoms with Crippen molar-refractivity contribution in [2.75, 3.05) is 13.2 Å². The number of unbranched alkanes of at least 4 members (excludes halogenated alkanes) is 44. The van der Waals surface area contributed by atoms with E-state index >= 15 is 0 Å². The van der Waals surface area contributed by atoms with Crippen LogP contribution >= 0.6 is 0 Å². The van der Waals surface area contributed by atoms with Crippen molar-refractivity contribution in [3.8, 4) is 0 Å². The highest BCUT2D eigenvalue weighted by atomic mass is 16.6. The van der Waals surface area contributed by atoms with Crippen LogP contribution in [-0.2, 0) is 19.1 Å². The van der Waals surface area contributed by atoms with Gasteiger partial charge in [0, 0.05) is 12.8 Å². The van der Waals surface area contributed by atoms with Gasteiger partial charge in [0.2, 0.25) is 0 Å². The number of ether oxygens (including phenoxy) is 2. The quantitative estimate of drug-likeness (QED) is 0.0373. The summed E-state index contributed by atoms with van der Waals surface area (Å²) in [5, 5.41) is 9.68. The van der Waals surface area contributed by atoms with E-state index in [9.17, 15) is 14.7 Å². The van der Waals surface area contributed by atoms with Crippen LogP contribution < -0.4 is 0 Å². The molecule has 75 heavy (non-hydrogen) atoms. The second kappa shape index (κ2) is 65.9. The normalized spacial score (nSPS) is 12.5. The van der Waals surface area contributed by atoms with Gasteiger partial charge in [-0.3, -0.25) is 9.59 Å². The molecule has 0 radical (unpaired) electrons. The Morgan fingerprint density at radius 3 is 0.867 bits per heavy atom. The highest BCUT2D eigenvalue weighted by molar-refractivity contribution is 5.70. The SMILES string of the molecule is CC/C=C\C/C=C\C/C=C\C/C=C\C/C=C\CCCCCCCCCCCC(=O)OC(CO)COC(=O)CCCCCCCCCCCCCCCCCCCCCCCCCCCCCCCCCCCCCC. The predicted octanol–water partition coefficient (Wildman–Crippen LogP) is 22.9. The summed E-state index contributed by atoms with van der Waals surface area (Å²) in [4.78, 5) is 24.6. The Kier molecular flexibility index (Phi) is 63.8. The van der Waals surface area contributed by atoms with Crippen molar-refractivity contribution in [1.82, 2.24) is 0 Å². The molecule has 0 saturated heterocycles. The average Bonchev–Trinajstić information content (AvgIpc) is 3.41. The van der Waals surface area contributed by atoms with Crippen molar-refractivity contribution >= 4 is 11.9 Å². The summed E-state index contributed by atoms with van der Waals surface area (Å²) in [6.45, 7) is 4.07. The molecule has 0 aliphatic heterocycles. The fourth-order valence-electron chi connectivity index (χ4n) is 10.1. The number of hydrogen-bond acceptors (Lipinski definition) is 5. The van der Waals surface area contributed by atoms with E-state index in [1.807, 2.05) is 0 Å². The standard InChI is InChI=1S/C70H128O5/c1-3-5-7-9-11-13-15-17-19-21-23-25-27-29-30-31-32-33-34-35-36-37-38-39-41-42-44-46-48-50-52-54-56-58-60-62-64-69(72)74-67-68(66-71)75-70(73)65-63-61-59-57-55-53-51-49-47-45-43-40-28-26-24-22-20-18-16-14-12-10-8-6-4-2/h6,8,12,14,18,20,24,26,40,43,68,71H,3-5,7,9-11,13,15-17,19,21-23,25,27-39,41-42,44-67H2,1-2H3/b8-6-,14-12-,20-18-,26-24-,43-40-. The van der Waals surface area contributed by atoms with E-state index in [4.69, 9.17) is 9.47 Å². The lowest BCUT2D eigenvalue weighted by molar-refractivity contribution is -0.161. The fraction of sp³-hybridized carbons (Fsp3) is 0.829. The van der Waals surface area contributed by atoms with Crippen molar-refractivity contribution in [1.29, 1.82) is 0 Å². The van der Waals surface area contributed by atoms with Gasteiger partial charge < -0.3 is 14.6 Å². The molecule has 0 aromatic rings. The Morgan fingerprint density at radius 1 is 0.320 bits per heavy atom. The van der Waals surface area contributed by atoms with Gasteiger partial charge in [0.15, 0.2) is 6.10 Å². The van der Waals surface area contributed by atoms with Crippen LogP contribution in [0.4, 0.5) is 0 Å². The molecule has 0 bridgehead atoms. The Labute approximate surface area is 468 Å². The Bertz CT molecular complexity index is 1280. The molecule has 0 fully saturated rings. The van der Waals surface area contributed by atoms with Crippen molar-refractivity contribution < 1.29 is 24.2 Å². The highest BCUT2D eigenvalue weighted by Gasteiger charge is 2.16. The lowest BCUT2D eigenvalue weighted by atomic mass is 10.0. The molecule has 1 atom stereocenters. The molecule has 0 amide bonds. The van der Waals surface area contributed by atoms with Gasteiger partial charge in [-0.15, -0.1) is 0 Å². The van der Waals surface area contributed by atoms with E-state index in [0.29, 0.717) is 12.8 Å². The van der Waals surface area contributed by atoms with Gasteiger partial charge in [-0.1, -0.05) is 344 Å². The van der Waals surface area contributed by atoms with E-state index in [1.54, 1.807) is 0 Å². The summed E-state index contributed by atoms with van der Waals surface area (Å²) < 4.78 is 10.7. The molecule has 0 aliphatic rings. The second-order valence-corrected chi connectivity index (χ2v) is 22.5. The molecule has 0 aliphatic carbocycles. The summed E-state index contributed by atoms with van der Waals surface area (Å²) in [5.41, 5.74) is 0. The third-order valence-corrected chi connectivity index (χ3v) is 15.1. The maximum absolute atomic E-state index is 12.3. The lowest BCUT2D eigenvalue weighted by Crippen LogP contribution is -2.28. The first-order valence-corrected chi connectivity index (χ1v) is 33.3. The molecule has 0 aromatic carbocycles. The molecule has 0 saturated carbocycles. The summed E-state index contributed by atoms with van der Waals surface area (Å²) in [6, 6.07) is 0. The Balaban J connectivity index is 3.41. The van der Waals surface area contributed by atoms with Gasteiger partial charge in [-0.05, 0) is 57.8 Å². The second-order valence-electron chi connectivity index (χ2n) is 22.5. The topological polar surface area (TPSA) is 72.8 Å². The van der Waals surface area contributed by atoms with Gasteiger partial charge in [0.25, 0.3) is 0 Å². The monoisotopic (exact) mass is 1050 g/mol. The molecule has 0 spiro atoms. The minimum absolute atomic E-state index is 0.0664. The van der Waals surface area contributed by atoms with Crippen LogP contribution in [0.5, 0.6) is 0 Å². The summed E-state index contributed by atoms with van der Waals surface area (Å²) in [7, 11) is 0. The van der Waals surface area contributed by atoms with Gasteiger partial charge in [0.05, 0.1) is 6.61 Å². The van der Waals surface area contributed by atoms with Crippen LogP contribution in [0.3, 0.4) is 0 Å². The molecular formula is C70H128O5. The van der Waals surface area contributed by atoms with Crippen LogP contribution in [-0.4, -0.2) is 36.4 Å². The molecular weight excluding hydrogens is 921 g/mol. The molecule has 5 nitrogen and oxygen atoms in total. The minimum atomic E-state index is -0.778. The number of allylic oxidation sites excluding steroid dienone is 10. The molecule has 5 heteroatoms. The van der Waals surface area contributed by atoms with Crippen molar-refractivity contribution in [3.63, 3.8) is 0 Å². The number of aliphatic hydroxyl groups is 1. The van der Waals surface area contributed by atoms with Crippen molar-refractivity contribution in [3.05, 3.63) is 60.8 Å². The first-order chi connectivity index (χ1) is 37.1. The van der Waals surface area contributed by atoms with Crippen LogP contribution in [0.2, 0.25) is 0 Å². The van der Waals surface area contributed by atoms with Crippen LogP contribution in [0.25, 0.3) is 0 Å². The van der Waals surface area contributed by atoms with E-state index in [0.717, 1.165) is 70.6 Å². The maximum Gasteiger partial charge on any atom is 0.306 e. The van der Waals surface area contributed by atoms with Gasteiger partial charge in [-0.2, -0.15) is 0 Å². The van der Waals surface area contributed by atoms with Crippen molar-refractivity contribution in [2.24, 2.45) is 0 Å². The van der Waals surface area contributed by atoms with Gasteiger partial charge in [-0.25, -0.2) is 0 Å². The first kappa shape index (κ1) is 72.6. The third kappa shape index (κ3) is 64.0. The van der Waals surface area contributed by atoms with E-state index in [1.165, 1.54) is 257 Å². The molecule has 0 heterocycles. The fourth-order valence-corrected chi connectivity index (χ4v) is 10.1. The average molecular weight is 1050 g/mol. The molecule has 0 aromatic heterocycles. The number of rotatable bonds is 62. The first-order valence-electron chi connectivity index (χ1n) is 33.3. The molecule has 1 unspecified atom stereocenters. The summed E-state index contributed by atoms with van der Waals surface area (Å²) in [5.74, 6) is -0.583. The minimum Gasteiger partial charge on any atom is -0.462 e. The highest BCUT2D eigenvalue weighted by Crippen LogP contribution is 2.19. The number of esters is 2. The zero-order valence-electron chi connectivity index (χ0n) is 50.3. The Hall–Kier alpha value is -2.40. The van der Waals surface area contributed by atoms with Crippen molar-refractivity contribution in [2.45, 2.75) is 360 Å². The molecule has 1 N–H and O–H groups in total.